The van der Waals surface area contributed by atoms with Crippen LogP contribution in [0.1, 0.15) is 11.3 Å². The van der Waals surface area contributed by atoms with Crippen molar-refractivity contribution in [3.05, 3.63) is 47.7 Å². The lowest BCUT2D eigenvalue weighted by atomic mass is 10.1. The number of halogens is 1. The van der Waals surface area contributed by atoms with Gasteiger partial charge in [0.05, 0.1) is 11.4 Å². The molecular weight excluding hydrogens is 261 g/mol. The van der Waals surface area contributed by atoms with Crippen LogP contribution in [0.3, 0.4) is 0 Å². The fraction of sp³-hybridized carbons (Fsp3) is 0.154. The third kappa shape index (κ3) is 2.37. The van der Waals surface area contributed by atoms with E-state index in [4.69, 9.17) is 10.9 Å². The third-order valence-electron chi connectivity index (χ3n) is 2.91. The zero-order valence-electron chi connectivity index (χ0n) is 11.1. The van der Waals surface area contributed by atoms with E-state index >= 15 is 0 Å². The highest BCUT2D eigenvalue weighted by Crippen LogP contribution is 2.27. The summed E-state index contributed by atoms with van der Waals surface area (Å²) in [6.45, 7) is 1.56. The normalized spacial score (nSPS) is 11.4. The largest absolute Gasteiger partial charge is 0.409 e. The monoisotopic (exact) mass is 275 g/mol. The van der Waals surface area contributed by atoms with E-state index < -0.39 is 5.82 Å². The van der Waals surface area contributed by atoms with Gasteiger partial charge in [-0.25, -0.2) is 14.4 Å². The fourth-order valence-corrected chi connectivity index (χ4v) is 1.83. The summed E-state index contributed by atoms with van der Waals surface area (Å²) in [4.78, 5) is 9.25. The number of nitrogens with zero attached hydrogens (tertiary/aromatic N) is 4. The van der Waals surface area contributed by atoms with Crippen LogP contribution in [0.2, 0.25) is 0 Å². The fourth-order valence-electron chi connectivity index (χ4n) is 1.83. The zero-order chi connectivity index (χ0) is 14.7. The minimum atomic E-state index is -0.510. The summed E-state index contributed by atoms with van der Waals surface area (Å²) in [6, 6.07) is 6.91. The van der Waals surface area contributed by atoms with Crippen LogP contribution >= 0.6 is 0 Å². The first kappa shape index (κ1) is 13.7. The molecule has 0 saturated heterocycles. The van der Waals surface area contributed by atoms with E-state index in [0.717, 1.165) is 0 Å². The Balaban J connectivity index is 2.54. The zero-order valence-corrected chi connectivity index (χ0v) is 11.1. The Morgan fingerprint density at radius 1 is 1.35 bits per heavy atom. The topological polar surface area (TPSA) is 87.6 Å². The van der Waals surface area contributed by atoms with Gasteiger partial charge in [-0.2, -0.15) is 0 Å². The van der Waals surface area contributed by atoms with Gasteiger partial charge in [0.15, 0.2) is 17.5 Å². The van der Waals surface area contributed by atoms with Crippen LogP contribution in [0, 0.1) is 12.7 Å². The van der Waals surface area contributed by atoms with Crippen LogP contribution in [0.25, 0.3) is 0 Å². The molecule has 7 heteroatoms. The molecule has 0 bridgehead atoms. The van der Waals surface area contributed by atoms with Gasteiger partial charge in [0.1, 0.15) is 6.33 Å². The van der Waals surface area contributed by atoms with Crippen LogP contribution in [0.4, 0.5) is 15.9 Å². The maximum atomic E-state index is 14.1. The molecule has 20 heavy (non-hydrogen) atoms. The first-order valence-electron chi connectivity index (χ1n) is 5.84. The number of aromatic nitrogens is 2. The number of nitrogens with two attached hydrogens (primary N) is 1. The Bertz CT molecular complexity index is 659. The van der Waals surface area contributed by atoms with Crippen LogP contribution in [0.5, 0.6) is 0 Å². The van der Waals surface area contributed by atoms with E-state index in [1.165, 1.54) is 11.2 Å². The number of oxime groups is 1. The second-order valence-corrected chi connectivity index (χ2v) is 4.16. The molecule has 0 aliphatic carbocycles. The predicted molar refractivity (Wildman–Crippen MR) is 73.7 cm³/mol. The molecule has 2 aromatic rings. The van der Waals surface area contributed by atoms with Crippen LogP contribution in [0.15, 0.2) is 35.7 Å². The van der Waals surface area contributed by atoms with Gasteiger partial charge in [-0.3, -0.25) is 0 Å². The van der Waals surface area contributed by atoms with Gasteiger partial charge in [0.25, 0.3) is 0 Å². The van der Waals surface area contributed by atoms with Crippen LogP contribution in [-0.2, 0) is 0 Å². The van der Waals surface area contributed by atoms with Crippen molar-refractivity contribution >= 4 is 17.3 Å². The number of amidine groups is 1. The van der Waals surface area contributed by atoms with Gasteiger partial charge < -0.3 is 15.8 Å². The van der Waals surface area contributed by atoms with E-state index in [0.29, 0.717) is 11.3 Å². The van der Waals surface area contributed by atoms with Gasteiger partial charge in [-0.1, -0.05) is 17.3 Å². The van der Waals surface area contributed by atoms with Gasteiger partial charge >= 0.3 is 0 Å². The van der Waals surface area contributed by atoms with Crippen molar-refractivity contribution in [3.63, 3.8) is 0 Å². The summed E-state index contributed by atoms with van der Waals surface area (Å²) in [6.07, 6.45) is 1.29. The Labute approximate surface area is 115 Å². The maximum Gasteiger partial charge on any atom is 0.187 e. The number of rotatable bonds is 3. The number of aryl methyl sites for hydroxylation is 1. The van der Waals surface area contributed by atoms with Crippen molar-refractivity contribution in [1.29, 1.82) is 0 Å². The SMILES string of the molecule is Cc1ncnc(N(C)c2ccccc2/C(N)=N/O)c1F. The molecule has 0 aliphatic heterocycles. The van der Waals surface area contributed by atoms with Crippen molar-refractivity contribution in [3.8, 4) is 0 Å². The Kier molecular flexibility index (Phi) is 3.79. The third-order valence-corrected chi connectivity index (χ3v) is 2.91. The summed E-state index contributed by atoms with van der Waals surface area (Å²) in [7, 11) is 1.65. The van der Waals surface area contributed by atoms with Gasteiger partial charge in [0.2, 0.25) is 0 Å². The molecule has 3 N–H and O–H groups in total. The first-order chi connectivity index (χ1) is 9.56. The number of para-hydroxylation sites is 1. The standard InChI is InChI=1S/C13H14FN5O/c1-8-11(14)13(17-7-16-8)19(2)10-6-4-3-5-9(10)12(15)18-20/h3-7,20H,1-2H3,(H2,15,18). The van der Waals surface area contributed by atoms with Gasteiger partial charge in [-0.05, 0) is 19.1 Å². The lowest BCUT2D eigenvalue weighted by molar-refractivity contribution is 0.318. The highest BCUT2D eigenvalue weighted by atomic mass is 19.1. The van der Waals surface area contributed by atoms with Gasteiger partial charge in [-0.15, -0.1) is 0 Å². The van der Waals surface area contributed by atoms with E-state index in [1.807, 2.05) is 0 Å². The molecule has 6 nitrogen and oxygen atoms in total. The molecule has 1 aromatic carbocycles. The summed E-state index contributed by atoms with van der Waals surface area (Å²) in [5.41, 5.74) is 6.93. The van der Waals surface area contributed by atoms with Crippen LogP contribution in [-0.4, -0.2) is 28.1 Å². The minimum Gasteiger partial charge on any atom is -0.409 e. The molecule has 0 amide bonds. The molecule has 0 fully saturated rings. The molecular formula is C13H14FN5O. The first-order valence-corrected chi connectivity index (χ1v) is 5.84. The average Bonchev–Trinajstić information content (AvgIpc) is 2.48. The minimum absolute atomic E-state index is 0.0568. The Morgan fingerprint density at radius 3 is 2.75 bits per heavy atom. The molecule has 1 aromatic heterocycles. The highest BCUT2D eigenvalue weighted by Gasteiger charge is 2.17. The van der Waals surface area contributed by atoms with E-state index in [-0.39, 0.29) is 17.3 Å². The summed E-state index contributed by atoms with van der Waals surface area (Å²) in [5.74, 6) is -0.446. The predicted octanol–water partition coefficient (Wildman–Crippen LogP) is 1.79. The van der Waals surface area contributed by atoms with E-state index in [1.54, 1.807) is 38.2 Å². The molecule has 2 rings (SSSR count). The Morgan fingerprint density at radius 2 is 2.05 bits per heavy atom. The molecule has 1 heterocycles. The second kappa shape index (κ2) is 5.52. The lowest BCUT2D eigenvalue weighted by Crippen LogP contribution is -2.21. The average molecular weight is 275 g/mol. The molecule has 0 atom stereocenters. The number of anilines is 2. The Hall–Kier alpha value is -2.70. The molecule has 0 unspecified atom stereocenters. The molecule has 0 saturated carbocycles. The van der Waals surface area contributed by atoms with Crippen LogP contribution < -0.4 is 10.6 Å². The molecule has 0 spiro atoms. The quantitative estimate of drug-likeness (QED) is 0.386. The van der Waals surface area contributed by atoms with Crippen molar-refractivity contribution in [1.82, 2.24) is 9.97 Å². The molecule has 104 valence electrons. The van der Waals surface area contributed by atoms with E-state index in [2.05, 4.69) is 15.1 Å². The van der Waals surface area contributed by atoms with Crippen molar-refractivity contribution in [2.75, 3.05) is 11.9 Å². The summed E-state index contributed by atoms with van der Waals surface area (Å²) >= 11 is 0. The number of hydrogen-bond donors (Lipinski definition) is 2. The van der Waals surface area contributed by atoms with Crippen molar-refractivity contribution < 1.29 is 9.60 Å². The van der Waals surface area contributed by atoms with Gasteiger partial charge in [0, 0.05) is 12.6 Å². The lowest BCUT2D eigenvalue weighted by Gasteiger charge is -2.21. The molecule has 0 aliphatic rings. The summed E-state index contributed by atoms with van der Waals surface area (Å²) in [5, 5.41) is 11.8. The van der Waals surface area contributed by atoms with Crippen molar-refractivity contribution in [2.24, 2.45) is 10.9 Å². The summed E-state index contributed by atoms with van der Waals surface area (Å²) < 4.78 is 14.1. The highest BCUT2D eigenvalue weighted by molar-refractivity contribution is 6.02. The number of benzene rings is 1. The number of hydrogen-bond acceptors (Lipinski definition) is 5. The second-order valence-electron chi connectivity index (χ2n) is 4.16. The smallest absolute Gasteiger partial charge is 0.187 e. The maximum absolute atomic E-state index is 14.1. The van der Waals surface area contributed by atoms with Crippen molar-refractivity contribution in [2.45, 2.75) is 6.92 Å². The molecule has 0 radical (unpaired) electrons. The van der Waals surface area contributed by atoms with E-state index in [9.17, 15) is 4.39 Å².